The number of hydrogen-bond donors (Lipinski definition) is 2. The highest BCUT2D eigenvalue weighted by Crippen LogP contribution is 2.15. The van der Waals surface area contributed by atoms with Crippen molar-refractivity contribution in [3.05, 3.63) is 99.5 Å². The summed E-state index contributed by atoms with van der Waals surface area (Å²) in [6, 6.07) is 20.5. The Bertz CT molecular complexity index is 1130. The zero-order valence-corrected chi connectivity index (χ0v) is 18.8. The minimum atomic E-state index is -0.459. The predicted molar refractivity (Wildman–Crippen MR) is 125 cm³/mol. The molecule has 0 aromatic heterocycles. The molecule has 3 aromatic carbocycles. The molecule has 0 saturated heterocycles. The van der Waals surface area contributed by atoms with Crippen LogP contribution in [0.4, 0.5) is 0 Å². The van der Waals surface area contributed by atoms with Gasteiger partial charge in [-0.25, -0.2) is 10.2 Å². The van der Waals surface area contributed by atoms with Crippen LogP contribution in [0.5, 0.6) is 5.75 Å². The Morgan fingerprint density at radius 3 is 2.19 bits per heavy atom. The maximum Gasteiger partial charge on any atom is 0.343 e. The van der Waals surface area contributed by atoms with Crippen LogP contribution >= 0.6 is 15.9 Å². The molecule has 0 aliphatic carbocycles. The zero-order chi connectivity index (χ0) is 22.9. The van der Waals surface area contributed by atoms with Gasteiger partial charge in [-0.05, 0) is 73.2 Å². The highest BCUT2D eigenvalue weighted by atomic mass is 79.9. The van der Waals surface area contributed by atoms with Crippen LogP contribution in [0.25, 0.3) is 0 Å². The molecule has 0 radical (unpaired) electrons. The second-order valence-electron chi connectivity index (χ2n) is 6.81. The van der Waals surface area contributed by atoms with E-state index in [0.29, 0.717) is 22.4 Å². The number of nitrogens with one attached hydrogen (secondary N) is 2. The number of aryl methyl sites for hydroxylation is 1. The van der Waals surface area contributed by atoms with Crippen LogP contribution in [-0.2, 0) is 4.79 Å². The molecule has 8 heteroatoms. The van der Waals surface area contributed by atoms with Gasteiger partial charge in [0, 0.05) is 10.0 Å². The van der Waals surface area contributed by atoms with Crippen molar-refractivity contribution in [2.75, 3.05) is 6.54 Å². The lowest BCUT2D eigenvalue weighted by atomic mass is 10.1. The lowest BCUT2D eigenvalue weighted by Crippen LogP contribution is -2.34. The Balaban J connectivity index is 1.44. The van der Waals surface area contributed by atoms with Gasteiger partial charge < -0.3 is 10.1 Å². The van der Waals surface area contributed by atoms with E-state index in [1.807, 2.05) is 19.1 Å². The smallest absolute Gasteiger partial charge is 0.343 e. The molecule has 0 unspecified atom stereocenters. The number of nitrogens with zero attached hydrogens (tertiary/aromatic N) is 1. The molecular formula is C24H20BrN3O4. The number of hydrogen-bond acceptors (Lipinski definition) is 5. The summed E-state index contributed by atoms with van der Waals surface area (Å²) in [4.78, 5) is 36.0. The fourth-order valence-corrected chi connectivity index (χ4v) is 2.82. The van der Waals surface area contributed by atoms with Crippen molar-refractivity contribution >= 4 is 39.9 Å². The quantitative estimate of drug-likeness (QED) is 0.226. The standard InChI is InChI=1S/C24H20BrN3O4/c1-16-2-6-18(7-3-16)23(30)26-15-22(29)28-27-14-17-4-12-21(13-5-17)32-24(31)19-8-10-20(25)11-9-19/h2-14H,15H2,1H3,(H,26,30)(H,28,29). The van der Waals surface area contributed by atoms with Crippen LogP contribution in [0.1, 0.15) is 31.8 Å². The summed E-state index contributed by atoms with van der Waals surface area (Å²) in [5.74, 6) is -0.865. The maximum atomic E-state index is 12.1. The molecule has 3 rings (SSSR count). The summed E-state index contributed by atoms with van der Waals surface area (Å²) in [6.45, 7) is 1.73. The minimum Gasteiger partial charge on any atom is -0.423 e. The van der Waals surface area contributed by atoms with E-state index < -0.39 is 11.9 Å². The Labute approximate surface area is 193 Å². The second-order valence-corrected chi connectivity index (χ2v) is 7.72. The molecule has 2 N–H and O–H groups in total. The maximum absolute atomic E-state index is 12.1. The number of rotatable bonds is 7. The summed E-state index contributed by atoms with van der Waals surface area (Å²) in [6.07, 6.45) is 1.44. The van der Waals surface area contributed by atoms with Gasteiger partial charge >= 0.3 is 5.97 Å². The molecule has 7 nitrogen and oxygen atoms in total. The van der Waals surface area contributed by atoms with Crippen LogP contribution in [0.2, 0.25) is 0 Å². The van der Waals surface area contributed by atoms with Crippen LogP contribution < -0.4 is 15.5 Å². The third-order valence-corrected chi connectivity index (χ3v) is 4.83. The number of benzene rings is 3. The molecule has 0 saturated carbocycles. The summed E-state index contributed by atoms with van der Waals surface area (Å²) < 4.78 is 6.20. The molecule has 0 spiro atoms. The van der Waals surface area contributed by atoms with Gasteiger partial charge in [-0.15, -0.1) is 0 Å². The highest BCUT2D eigenvalue weighted by Gasteiger charge is 2.09. The first-order valence-electron chi connectivity index (χ1n) is 9.65. The van der Waals surface area contributed by atoms with Gasteiger partial charge in [-0.2, -0.15) is 5.10 Å². The van der Waals surface area contributed by atoms with E-state index in [1.54, 1.807) is 60.7 Å². The molecule has 0 heterocycles. The number of ether oxygens (including phenoxy) is 1. The van der Waals surface area contributed by atoms with Crippen LogP contribution in [0.3, 0.4) is 0 Å². The Hall–Kier alpha value is -3.78. The SMILES string of the molecule is Cc1ccc(C(=O)NCC(=O)NN=Cc2ccc(OC(=O)c3ccc(Br)cc3)cc2)cc1. The van der Waals surface area contributed by atoms with Crippen molar-refractivity contribution in [1.82, 2.24) is 10.7 Å². The fourth-order valence-electron chi connectivity index (χ4n) is 2.56. The number of carbonyl (C=O) groups excluding carboxylic acids is 3. The minimum absolute atomic E-state index is 0.199. The monoisotopic (exact) mass is 493 g/mol. The molecule has 0 aliphatic rings. The third-order valence-electron chi connectivity index (χ3n) is 4.30. The molecule has 0 atom stereocenters. The largest absolute Gasteiger partial charge is 0.423 e. The fraction of sp³-hybridized carbons (Fsp3) is 0.0833. The normalized spacial score (nSPS) is 10.6. The molecule has 32 heavy (non-hydrogen) atoms. The molecule has 3 aromatic rings. The average molecular weight is 494 g/mol. The molecule has 0 bridgehead atoms. The summed E-state index contributed by atoms with van der Waals surface area (Å²) in [7, 11) is 0. The van der Waals surface area contributed by atoms with Gasteiger partial charge in [0.2, 0.25) is 0 Å². The summed E-state index contributed by atoms with van der Waals surface area (Å²) in [5.41, 5.74) is 5.00. The summed E-state index contributed by atoms with van der Waals surface area (Å²) >= 11 is 3.32. The Morgan fingerprint density at radius 2 is 1.53 bits per heavy atom. The van der Waals surface area contributed by atoms with Crippen molar-refractivity contribution in [3.8, 4) is 5.75 Å². The first-order valence-corrected chi connectivity index (χ1v) is 10.4. The van der Waals surface area contributed by atoms with Crippen molar-refractivity contribution in [1.29, 1.82) is 0 Å². The zero-order valence-electron chi connectivity index (χ0n) is 17.2. The van der Waals surface area contributed by atoms with Gasteiger partial charge in [0.05, 0.1) is 18.3 Å². The number of halogens is 1. The van der Waals surface area contributed by atoms with Gasteiger partial charge in [-0.3, -0.25) is 9.59 Å². The Morgan fingerprint density at radius 1 is 0.906 bits per heavy atom. The highest BCUT2D eigenvalue weighted by molar-refractivity contribution is 9.10. The molecule has 2 amide bonds. The number of hydrazone groups is 1. The van der Waals surface area contributed by atoms with Crippen molar-refractivity contribution < 1.29 is 19.1 Å². The lowest BCUT2D eigenvalue weighted by molar-refractivity contribution is -0.120. The van der Waals surface area contributed by atoms with E-state index in [0.717, 1.165) is 10.0 Å². The third kappa shape index (κ3) is 6.88. The summed E-state index contributed by atoms with van der Waals surface area (Å²) in [5, 5.41) is 6.40. The van der Waals surface area contributed by atoms with Gasteiger partial charge in [0.1, 0.15) is 5.75 Å². The van der Waals surface area contributed by atoms with E-state index in [-0.39, 0.29) is 12.5 Å². The van der Waals surface area contributed by atoms with Gasteiger partial charge in [0.15, 0.2) is 0 Å². The Kier molecular flexibility index (Phi) is 7.88. The topological polar surface area (TPSA) is 96.9 Å². The van der Waals surface area contributed by atoms with E-state index in [9.17, 15) is 14.4 Å². The van der Waals surface area contributed by atoms with Gasteiger partial charge in [-0.1, -0.05) is 33.6 Å². The molecular weight excluding hydrogens is 474 g/mol. The van der Waals surface area contributed by atoms with Crippen molar-refractivity contribution in [2.24, 2.45) is 5.10 Å². The lowest BCUT2D eigenvalue weighted by Gasteiger charge is -2.05. The predicted octanol–water partition coefficient (Wildman–Crippen LogP) is 3.86. The average Bonchev–Trinajstić information content (AvgIpc) is 2.79. The molecule has 0 fully saturated rings. The number of esters is 1. The first-order chi connectivity index (χ1) is 15.4. The van der Waals surface area contributed by atoms with E-state index in [1.165, 1.54) is 6.21 Å². The van der Waals surface area contributed by atoms with Gasteiger partial charge in [0.25, 0.3) is 11.8 Å². The van der Waals surface area contributed by atoms with E-state index in [2.05, 4.69) is 31.8 Å². The van der Waals surface area contributed by atoms with Crippen molar-refractivity contribution in [3.63, 3.8) is 0 Å². The second kappa shape index (κ2) is 11.0. The molecule has 162 valence electrons. The number of carbonyl (C=O) groups is 3. The first kappa shape index (κ1) is 22.9. The van der Waals surface area contributed by atoms with Crippen LogP contribution in [-0.4, -0.2) is 30.5 Å². The van der Waals surface area contributed by atoms with E-state index >= 15 is 0 Å². The van der Waals surface area contributed by atoms with E-state index in [4.69, 9.17) is 4.74 Å². The number of amides is 2. The van der Waals surface area contributed by atoms with Crippen LogP contribution in [0.15, 0.2) is 82.4 Å². The van der Waals surface area contributed by atoms with Crippen LogP contribution in [0, 0.1) is 6.92 Å². The molecule has 0 aliphatic heterocycles. The van der Waals surface area contributed by atoms with Crippen molar-refractivity contribution in [2.45, 2.75) is 6.92 Å².